The van der Waals surface area contributed by atoms with Gasteiger partial charge < -0.3 is 23.9 Å². The molecule has 12 nitrogen and oxygen atoms in total. The lowest BCUT2D eigenvalue weighted by Gasteiger charge is -2.16. The number of imidazole rings is 1. The summed E-state index contributed by atoms with van der Waals surface area (Å²) < 4.78 is 18.5. The van der Waals surface area contributed by atoms with Gasteiger partial charge in [-0.1, -0.05) is 32.3 Å². The summed E-state index contributed by atoms with van der Waals surface area (Å²) in [7, 11) is 0. The molecule has 1 aliphatic rings. The molecule has 260 valence electrons. The third kappa shape index (κ3) is 10.2. The van der Waals surface area contributed by atoms with Crippen molar-refractivity contribution in [2.75, 3.05) is 18.5 Å². The van der Waals surface area contributed by atoms with Crippen LogP contribution < -0.4 is 15.4 Å². The molecule has 0 bridgehead atoms. The molecule has 0 saturated heterocycles. The second-order valence-electron chi connectivity index (χ2n) is 12.5. The highest BCUT2D eigenvalue weighted by Gasteiger charge is 2.24. The molecule has 3 aromatic heterocycles. The van der Waals surface area contributed by atoms with Gasteiger partial charge in [0.05, 0.1) is 25.3 Å². The Labute approximate surface area is 287 Å². The third-order valence-corrected chi connectivity index (χ3v) is 8.44. The van der Waals surface area contributed by atoms with E-state index in [1.54, 1.807) is 13.0 Å². The van der Waals surface area contributed by atoms with E-state index in [4.69, 9.17) is 24.6 Å². The minimum absolute atomic E-state index is 0.0120. The number of carbonyl (C=O) groups excluding carboxylic acids is 2. The van der Waals surface area contributed by atoms with Gasteiger partial charge in [0, 0.05) is 37.0 Å². The van der Waals surface area contributed by atoms with Crippen molar-refractivity contribution in [2.24, 2.45) is 0 Å². The van der Waals surface area contributed by atoms with E-state index in [2.05, 4.69) is 39.8 Å². The number of alkyl carbamates (subject to hydrolysis) is 1. The highest BCUT2D eigenvalue weighted by atomic mass is 16.5. The Kier molecular flexibility index (Phi) is 12.2. The Bertz CT molecular complexity index is 1760. The van der Waals surface area contributed by atoms with Gasteiger partial charge in [0.2, 0.25) is 5.88 Å². The zero-order valence-electron chi connectivity index (χ0n) is 28.9. The van der Waals surface area contributed by atoms with Gasteiger partial charge in [-0.15, -0.1) is 0 Å². The fourth-order valence-corrected chi connectivity index (χ4v) is 5.63. The van der Waals surface area contributed by atoms with Crippen LogP contribution in [0.4, 0.5) is 10.6 Å². The number of amides is 1. The molecule has 0 spiro atoms. The molecule has 3 heterocycles. The van der Waals surface area contributed by atoms with Gasteiger partial charge in [-0.25, -0.2) is 14.8 Å². The molecule has 3 N–H and O–H groups in total. The van der Waals surface area contributed by atoms with Crippen LogP contribution in [0.5, 0.6) is 5.88 Å². The molecule has 0 radical (unpaired) electrons. The van der Waals surface area contributed by atoms with Crippen LogP contribution in [-0.2, 0) is 33.8 Å². The summed E-state index contributed by atoms with van der Waals surface area (Å²) in [5.41, 5.74) is 6.50. The van der Waals surface area contributed by atoms with Crippen molar-refractivity contribution in [3.05, 3.63) is 82.1 Å². The Balaban J connectivity index is 1.24. The molecule has 1 amide bonds. The lowest BCUT2D eigenvalue weighted by atomic mass is 9.98. The van der Waals surface area contributed by atoms with Gasteiger partial charge in [-0.2, -0.15) is 4.98 Å². The first-order chi connectivity index (χ1) is 23.7. The van der Waals surface area contributed by atoms with Crippen molar-refractivity contribution in [1.82, 2.24) is 24.7 Å². The molecule has 49 heavy (non-hydrogen) atoms. The summed E-state index contributed by atoms with van der Waals surface area (Å²) >= 11 is 0. The number of aryl methyl sites for hydroxylation is 3. The third-order valence-electron chi connectivity index (χ3n) is 8.44. The van der Waals surface area contributed by atoms with Crippen molar-refractivity contribution >= 4 is 29.4 Å². The highest BCUT2D eigenvalue weighted by Crippen LogP contribution is 2.39. The maximum Gasteiger partial charge on any atom is 0.412 e. The van der Waals surface area contributed by atoms with Crippen LogP contribution in [0.25, 0.3) is 5.65 Å². The van der Waals surface area contributed by atoms with E-state index in [0.717, 1.165) is 53.7 Å². The van der Waals surface area contributed by atoms with Crippen LogP contribution in [0.3, 0.4) is 0 Å². The zero-order chi connectivity index (χ0) is 34.8. The quantitative estimate of drug-likeness (QED) is 0.0470. The first-order valence-corrected chi connectivity index (χ1v) is 17.2. The summed E-state index contributed by atoms with van der Waals surface area (Å²) in [6.07, 6.45) is 10.5. The maximum atomic E-state index is 12.2. The van der Waals surface area contributed by atoms with Crippen molar-refractivity contribution < 1.29 is 23.8 Å². The van der Waals surface area contributed by atoms with E-state index in [0.29, 0.717) is 55.2 Å². The van der Waals surface area contributed by atoms with Crippen molar-refractivity contribution in [3.8, 4) is 5.88 Å². The molecule has 1 aromatic carbocycles. The van der Waals surface area contributed by atoms with E-state index in [-0.39, 0.29) is 24.8 Å². The molecule has 5 rings (SSSR count). The first-order valence-electron chi connectivity index (χ1n) is 17.2. The number of hydrogen-bond donors (Lipinski definition) is 3. The SMILES string of the molecule is CCCCCCOC(=O)NC(=N)c1cc(C)c(CNc2cc(OCc3cn4cc(C5CC5)ccc4n3)nc(CCC(=O)OCC)n2)c(C)c1. The number of hydrogen-bond acceptors (Lipinski definition) is 10. The number of pyridine rings is 1. The van der Waals surface area contributed by atoms with E-state index in [1.807, 2.05) is 42.6 Å². The lowest BCUT2D eigenvalue weighted by Crippen LogP contribution is -2.31. The number of benzene rings is 1. The van der Waals surface area contributed by atoms with Gasteiger partial charge in [0.25, 0.3) is 0 Å². The number of aromatic nitrogens is 4. The number of esters is 1. The van der Waals surface area contributed by atoms with Crippen LogP contribution in [0.1, 0.15) is 104 Å². The number of fused-ring (bicyclic) bond motifs is 1. The standard InChI is InChI=1S/C37H47N7O5/c1-5-7-8-9-16-48-37(46)43-36(38)28-17-24(3)30(25(4)18-28)20-39-32-19-34(42-31(41-32)13-15-35(45)47-6-2)49-23-29-22-44-21-27(26-10-11-26)12-14-33(44)40-29/h12,14,17-19,21-22,26H,5-11,13,15-16,20,23H2,1-4H3,(H2,38,43,46)(H,39,41,42). The molecular formula is C37H47N7O5. The average Bonchev–Trinajstić information content (AvgIpc) is 3.85. The first kappa shape index (κ1) is 35.3. The van der Waals surface area contributed by atoms with Gasteiger partial charge in [0.15, 0.2) is 0 Å². The predicted octanol–water partition coefficient (Wildman–Crippen LogP) is 6.94. The van der Waals surface area contributed by atoms with Crippen LogP contribution in [0.2, 0.25) is 0 Å². The molecule has 0 atom stereocenters. The number of unbranched alkanes of at least 4 members (excludes halogenated alkanes) is 3. The number of amidine groups is 1. The number of nitrogens with zero attached hydrogens (tertiary/aromatic N) is 4. The molecule has 12 heteroatoms. The van der Waals surface area contributed by atoms with Crippen LogP contribution in [-0.4, -0.2) is 50.5 Å². The minimum Gasteiger partial charge on any atom is -0.471 e. The van der Waals surface area contributed by atoms with Gasteiger partial charge >= 0.3 is 12.1 Å². The van der Waals surface area contributed by atoms with E-state index >= 15 is 0 Å². The van der Waals surface area contributed by atoms with Crippen LogP contribution in [0.15, 0.2) is 42.7 Å². The van der Waals surface area contributed by atoms with Crippen molar-refractivity contribution in [3.63, 3.8) is 0 Å². The van der Waals surface area contributed by atoms with E-state index < -0.39 is 6.09 Å². The zero-order valence-corrected chi connectivity index (χ0v) is 28.9. The second-order valence-corrected chi connectivity index (χ2v) is 12.5. The van der Waals surface area contributed by atoms with Crippen LogP contribution in [0, 0.1) is 19.3 Å². The molecule has 1 saturated carbocycles. The minimum atomic E-state index is -0.619. The topological polar surface area (TPSA) is 153 Å². The largest absolute Gasteiger partial charge is 0.471 e. The van der Waals surface area contributed by atoms with Gasteiger partial charge in [-0.3, -0.25) is 15.5 Å². The predicted molar refractivity (Wildman–Crippen MR) is 187 cm³/mol. The highest BCUT2D eigenvalue weighted by molar-refractivity contribution is 6.04. The maximum absolute atomic E-state index is 12.2. The lowest BCUT2D eigenvalue weighted by molar-refractivity contribution is -0.143. The van der Waals surface area contributed by atoms with E-state index in [1.165, 1.54) is 18.4 Å². The fraction of sp³-hybridized carbons (Fsp3) is 0.459. The van der Waals surface area contributed by atoms with E-state index in [9.17, 15) is 9.59 Å². The molecule has 1 aliphatic carbocycles. The Morgan fingerprint density at radius 3 is 2.51 bits per heavy atom. The monoisotopic (exact) mass is 669 g/mol. The normalized spacial score (nSPS) is 12.5. The molecular weight excluding hydrogens is 622 g/mol. The second kappa shape index (κ2) is 16.9. The van der Waals surface area contributed by atoms with Crippen molar-refractivity contribution in [1.29, 1.82) is 5.41 Å². The summed E-state index contributed by atoms with van der Waals surface area (Å²) in [6.45, 7) is 9.16. The van der Waals surface area contributed by atoms with Gasteiger partial charge in [0.1, 0.15) is 29.7 Å². The van der Waals surface area contributed by atoms with Crippen molar-refractivity contribution in [2.45, 2.75) is 98.1 Å². The summed E-state index contributed by atoms with van der Waals surface area (Å²) in [5, 5.41) is 14.3. The average molecular weight is 670 g/mol. The Hall–Kier alpha value is -5.00. The Morgan fingerprint density at radius 2 is 1.78 bits per heavy atom. The molecule has 4 aromatic rings. The smallest absolute Gasteiger partial charge is 0.412 e. The fourth-order valence-electron chi connectivity index (χ4n) is 5.63. The number of anilines is 1. The number of carbonyl (C=O) groups is 2. The molecule has 1 fully saturated rings. The Morgan fingerprint density at radius 1 is 0.980 bits per heavy atom. The number of rotatable bonds is 17. The number of nitrogens with one attached hydrogen (secondary N) is 3. The summed E-state index contributed by atoms with van der Waals surface area (Å²) in [6, 6.07) is 9.66. The molecule has 0 aliphatic heterocycles. The number of ether oxygens (including phenoxy) is 3. The molecule has 0 unspecified atom stereocenters. The summed E-state index contributed by atoms with van der Waals surface area (Å²) in [4.78, 5) is 38.2. The van der Waals surface area contributed by atoms with Crippen LogP contribution >= 0.6 is 0 Å². The summed E-state index contributed by atoms with van der Waals surface area (Å²) in [5.74, 6) is 1.70. The van der Waals surface area contributed by atoms with Gasteiger partial charge in [-0.05, 0) is 86.4 Å².